The molecule has 4 heterocycles. The third-order valence-corrected chi connectivity index (χ3v) is 7.07. The number of piperazine rings is 1. The average molecular weight is 473 g/mol. The number of hydrogen-bond acceptors (Lipinski definition) is 9. The van der Waals surface area contributed by atoms with E-state index in [1.54, 1.807) is 17.5 Å². The number of nitrogens with zero attached hydrogens (tertiary/aromatic N) is 6. The normalized spacial score (nSPS) is 14.2. The molecule has 1 saturated heterocycles. The molecule has 2 N–H and O–H groups in total. The highest BCUT2D eigenvalue weighted by atomic mass is 32.1. The van der Waals surface area contributed by atoms with Gasteiger partial charge in [0.1, 0.15) is 5.82 Å². The monoisotopic (exact) mass is 472 g/mol. The summed E-state index contributed by atoms with van der Waals surface area (Å²) >= 11 is 1.58. The summed E-state index contributed by atoms with van der Waals surface area (Å²) in [5.41, 5.74) is 4.30. The highest BCUT2D eigenvalue weighted by molar-refractivity contribution is 7.19. The smallest absolute Gasteiger partial charge is 0.228 e. The maximum absolute atomic E-state index is 4.67. The Bertz CT molecular complexity index is 1220. The lowest BCUT2D eigenvalue weighted by atomic mass is 10.2. The van der Waals surface area contributed by atoms with Gasteiger partial charge in [0, 0.05) is 46.0 Å². The van der Waals surface area contributed by atoms with Crippen LogP contribution in [0.5, 0.6) is 0 Å². The van der Waals surface area contributed by atoms with Crippen molar-refractivity contribution in [1.82, 2.24) is 24.8 Å². The third kappa shape index (κ3) is 5.16. The summed E-state index contributed by atoms with van der Waals surface area (Å²) in [5.74, 6) is 1.24. The summed E-state index contributed by atoms with van der Waals surface area (Å²) in [5, 5.41) is 7.19. The average Bonchev–Trinajstić information content (AvgIpc) is 3.27. The van der Waals surface area contributed by atoms with Crippen LogP contribution in [0.4, 0.5) is 22.6 Å². The van der Waals surface area contributed by atoms with Crippen LogP contribution in [0.1, 0.15) is 11.3 Å². The van der Waals surface area contributed by atoms with E-state index in [0.29, 0.717) is 5.95 Å². The van der Waals surface area contributed by atoms with Gasteiger partial charge in [-0.25, -0.2) is 19.9 Å². The van der Waals surface area contributed by atoms with Crippen molar-refractivity contribution >= 4 is 33.9 Å². The summed E-state index contributed by atoms with van der Waals surface area (Å²) in [7, 11) is 1.87. The van der Waals surface area contributed by atoms with Crippen LogP contribution in [-0.4, -0.2) is 58.1 Å². The number of nitrogens with one attached hydrogen (secondary N) is 2. The number of aromatic nitrogens is 4. The number of thiazole rings is 1. The topological polar surface area (TPSA) is 82.1 Å². The van der Waals surface area contributed by atoms with Crippen LogP contribution in [0.15, 0.2) is 60.9 Å². The first-order chi connectivity index (χ1) is 16.7. The first-order valence-corrected chi connectivity index (χ1v) is 12.2. The molecule has 9 heteroatoms. The molecule has 0 amide bonds. The van der Waals surface area contributed by atoms with Crippen molar-refractivity contribution in [1.29, 1.82) is 0 Å². The standard InChI is InChI=1S/C25H28N8S/c1-18-23(34-25(26-2)29-18)21-10-11-27-24(30-21)31-22-9-8-20(16-28-22)33-14-12-32(13-15-33)17-19-6-4-3-5-7-19/h3-11,16H,12-15,17H2,1-2H3,(H,26,29)(H,27,28,30,31). The Kier molecular flexibility index (Phi) is 6.64. The Labute approximate surface area is 203 Å². The van der Waals surface area contributed by atoms with Gasteiger partial charge in [0.2, 0.25) is 5.95 Å². The van der Waals surface area contributed by atoms with Crippen LogP contribution in [-0.2, 0) is 6.54 Å². The Morgan fingerprint density at radius 1 is 0.941 bits per heavy atom. The summed E-state index contributed by atoms with van der Waals surface area (Å²) in [6.07, 6.45) is 3.68. The second-order valence-electron chi connectivity index (χ2n) is 8.22. The minimum absolute atomic E-state index is 0.520. The molecule has 3 aromatic heterocycles. The lowest BCUT2D eigenvalue weighted by Crippen LogP contribution is -2.46. The SMILES string of the molecule is CNc1nc(C)c(-c2ccnc(Nc3ccc(N4CCN(Cc5ccccc5)CC4)cn3)n2)s1. The Hall–Kier alpha value is -3.56. The lowest BCUT2D eigenvalue weighted by Gasteiger charge is -2.36. The van der Waals surface area contributed by atoms with Crippen molar-refractivity contribution in [3.8, 4) is 10.6 Å². The highest BCUT2D eigenvalue weighted by Crippen LogP contribution is 2.31. The largest absolute Gasteiger partial charge is 0.368 e. The lowest BCUT2D eigenvalue weighted by molar-refractivity contribution is 0.250. The van der Waals surface area contributed by atoms with E-state index in [1.165, 1.54) is 5.56 Å². The molecule has 0 saturated carbocycles. The molecule has 1 aliphatic heterocycles. The molecule has 174 valence electrons. The van der Waals surface area contributed by atoms with E-state index in [1.807, 2.05) is 32.3 Å². The molecule has 0 atom stereocenters. The third-order valence-electron chi connectivity index (χ3n) is 5.87. The van der Waals surface area contributed by atoms with Gasteiger partial charge >= 0.3 is 0 Å². The van der Waals surface area contributed by atoms with Gasteiger partial charge in [-0.1, -0.05) is 41.7 Å². The molecule has 0 spiro atoms. The second kappa shape index (κ2) is 10.1. The molecule has 5 rings (SSSR count). The van der Waals surface area contributed by atoms with Gasteiger partial charge in [-0.2, -0.15) is 0 Å². The van der Waals surface area contributed by atoms with Gasteiger partial charge in [-0.15, -0.1) is 0 Å². The molecule has 0 aliphatic carbocycles. The first-order valence-electron chi connectivity index (χ1n) is 11.4. The molecule has 1 aromatic carbocycles. The Morgan fingerprint density at radius 3 is 2.47 bits per heavy atom. The maximum atomic E-state index is 4.67. The zero-order valence-electron chi connectivity index (χ0n) is 19.4. The fourth-order valence-electron chi connectivity index (χ4n) is 4.05. The summed E-state index contributed by atoms with van der Waals surface area (Å²) in [6, 6.07) is 16.7. The molecule has 4 aromatic rings. The number of benzene rings is 1. The molecule has 1 fully saturated rings. The van der Waals surface area contributed by atoms with Gasteiger partial charge in [-0.3, -0.25) is 4.90 Å². The molecular weight excluding hydrogens is 444 g/mol. The van der Waals surface area contributed by atoms with Crippen molar-refractivity contribution in [3.63, 3.8) is 0 Å². The van der Waals surface area contributed by atoms with Crippen molar-refractivity contribution in [2.24, 2.45) is 0 Å². The predicted molar refractivity (Wildman–Crippen MR) is 139 cm³/mol. The Morgan fingerprint density at radius 2 is 1.76 bits per heavy atom. The van der Waals surface area contributed by atoms with E-state index in [-0.39, 0.29) is 0 Å². The molecular formula is C25H28N8S. The van der Waals surface area contributed by atoms with E-state index < -0.39 is 0 Å². The molecule has 0 bridgehead atoms. The Balaban J connectivity index is 1.19. The van der Waals surface area contributed by atoms with E-state index in [2.05, 4.69) is 76.8 Å². The van der Waals surface area contributed by atoms with E-state index >= 15 is 0 Å². The van der Waals surface area contributed by atoms with Crippen LogP contribution < -0.4 is 15.5 Å². The van der Waals surface area contributed by atoms with Crippen LogP contribution >= 0.6 is 11.3 Å². The van der Waals surface area contributed by atoms with Crippen LogP contribution in [0, 0.1) is 6.92 Å². The van der Waals surface area contributed by atoms with Gasteiger partial charge in [0.15, 0.2) is 5.13 Å². The fourth-order valence-corrected chi connectivity index (χ4v) is 4.94. The number of anilines is 4. The van der Waals surface area contributed by atoms with Crippen LogP contribution in [0.3, 0.4) is 0 Å². The summed E-state index contributed by atoms with van der Waals surface area (Å²) < 4.78 is 0. The van der Waals surface area contributed by atoms with Crippen molar-refractivity contribution in [2.45, 2.75) is 13.5 Å². The summed E-state index contributed by atoms with van der Waals surface area (Å²) in [6.45, 7) is 7.07. The van der Waals surface area contributed by atoms with E-state index in [0.717, 1.165) is 65.6 Å². The van der Waals surface area contributed by atoms with Gasteiger partial charge < -0.3 is 15.5 Å². The summed E-state index contributed by atoms with van der Waals surface area (Å²) in [4.78, 5) is 24.1. The molecule has 0 unspecified atom stereocenters. The second-order valence-corrected chi connectivity index (χ2v) is 9.22. The molecule has 1 aliphatic rings. The number of rotatable bonds is 7. The van der Waals surface area contributed by atoms with Crippen molar-refractivity contribution < 1.29 is 0 Å². The minimum atomic E-state index is 0.520. The zero-order valence-corrected chi connectivity index (χ0v) is 20.2. The van der Waals surface area contributed by atoms with Crippen LogP contribution in [0.25, 0.3) is 10.6 Å². The number of hydrogen-bond donors (Lipinski definition) is 2. The number of aryl methyl sites for hydroxylation is 1. The van der Waals surface area contributed by atoms with Crippen LogP contribution in [0.2, 0.25) is 0 Å². The zero-order chi connectivity index (χ0) is 23.3. The first kappa shape index (κ1) is 22.2. The van der Waals surface area contributed by atoms with Gasteiger partial charge in [-0.05, 0) is 30.7 Å². The quantitative estimate of drug-likeness (QED) is 0.409. The van der Waals surface area contributed by atoms with Gasteiger partial charge in [0.25, 0.3) is 0 Å². The maximum Gasteiger partial charge on any atom is 0.228 e. The fraction of sp³-hybridized carbons (Fsp3) is 0.280. The van der Waals surface area contributed by atoms with E-state index in [9.17, 15) is 0 Å². The molecule has 0 radical (unpaired) electrons. The van der Waals surface area contributed by atoms with E-state index in [4.69, 9.17) is 0 Å². The van der Waals surface area contributed by atoms with Crippen molar-refractivity contribution in [3.05, 3.63) is 72.2 Å². The predicted octanol–water partition coefficient (Wildman–Crippen LogP) is 4.41. The highest BCUT2D eigenvalue weighted by Gasteiger charge is 2.18. The number of pyridine rings is 1. The molecule has 34 heavy (non-hydrogen) atoms. The molecule has 8 nitrogen and oxygen atoms in total. The van der Waals surface area contributed by atoms with Crippen molar-refractivity contribution in [2.75, 3.05) is 48.8 Å². The minimum Gasteiger partial charge on any atom is -0.368 e. The van der Waals surface area contributed by atoms with Gasteiger partial charge in [0.05, 0.1) is 28.1 Å².